The minimum atomic E-state index is -0.570. The standard InChI is InChI=1S/C22H19Cl2N5O2.C13H9Cl2N3O2S.C10H12N2O2.C10H14N2.C6H4FNO2.C5H10/c23-17-4-3-5-18(24)19(17)29-13-31-20-16(21(29)30)12-25-22(27-20)26-14-6-8-15(9-7-14)28-10-1-2-11-28;1-21-13-16-5-7-11(17-13)20-6-18(12(7)19)10-8(14)3-2-4-9(10)15;13-12(14)10-5-3-9(4-6-10)11-7-1-2-8-11;11-9-3-5-10(6-4-9)12-7-1-2-8-12;7-5-1-3-6(4-2-5)8(9)10;1-2-4-5-3-1/h3-9,12H,1-2,10-11,13H2,(H,25,26,27);2-5H,6H2,1H3;3-6H,1-2,7-8H2;3-6H,1-2,7-8,11H2;1-4H;1-5H2. The van der Waals surface area contributed by atoms with Crippen molar-refractivity contribution >= 4 is 127 Å². The number of para-hydroxylation sites is 2. The van der Waals surface area contributed by atoms with Crippen molar-refractivity contribution in [2.24, 2.45) is 0 Å². The predicted molar refractivity (Wildman–Crippen MR) is 368 cm³/mol. The van der Waals surface area contributed by atoms with Crippen LogP contribution in [0.1, 0.15) is 91.3 Å². The Morgan fingerprint density at radius 3 is 1.28 bits per heavy atom. The van der Waals surface area contributed by atoms with Gasteiger partial charge in [0.25, 0.3) is 23.2 Å². The van der Waals surface area contributed by atoms with Gasteiger partial charge in [0.15, 0.2) is 18.6 Å². The number of nitro groups is 2. The minimum absolute atomic E-state index is 0.000120. The van der Waals surface area contributed by atoms with Crippen LogP contribution in [0.25, 0.3) is 0 Å². The lowest BCUT2D eigenvalue weighted by atomic mass is 10.2. The van der Waals surface area contributed by atoms with E-state index in [0.717, 1.165) is 67.5 Å². The third-order valence-corrected chi connectivity index (χ3v) is 17.3. The minimum Gasteiger partial charge on any atom is -0.455 e. The summed E-state index contributed by atoms with van der Waals surface area (Å²) in [5, 5.41) is 25.6. The third-order valence-electron chi connectivity index (χ3n) is 15.5. The molecule has 1 aliphatic carbocycles. The molecule has 27 heteroatoms. The van der Waals surface area contributed by atoms with E-state index < -0.39 is 10.7 Å². The number of nitrogen functional groups attached to an aromatic ring is 1. The molecule has 6 aromatic carbocycles. The van der Waals surface area contributed by atoms with Crippen LogP contribution in [0.5, 0.6) is 11.8 Å². The molecule has 93 heavy (non-hydrogen) atoms. The molecule has 486 valence electrons. The molecule has 7 heterocycles. The quantitative estimate of drug-likeness (QED) is 0.0425. The highest BCUT2D eigenvalue weighted by Gasteiger charge is 2.33. The van der Waals surface area contributed by atoms with Crippen molar-refractivity contribution in [3.63, 3.8) is 0 Å². The summed E-state index contributed by atoms with van der Waals surface area (Å²) in [6.45, 7) is 6.69. The van der Waals surface area contributed by atoms with E-state index in [2.05, 4.69) is 64.2 Å². The number of nitrogens with two attached hydrogens (primary N) is 1. The van der Waals surface area contributed by atoms with Gasteiger partial charge in [0, 0.05) is 104 Å². The zero-order valence-corrected chi connectivity index (χ0v) is 54.7. The van der Waals surface area contributed by atoms with Crippen LogP contribution in [-0.4, -0.2) is 101 Å². The molecule has 0 spiro atoms. The Balaban J connectivity index is 0.000000143. The number of amides is 2. The van der Waals surface area contributed by atoms with Crippen LogP contribution in [0, 0.1) is 26.0 Å². The lowest BCUT2D eigenvalue weighted by molar-refractivity contribution is -0.385. The molecule has 1 saturated carbocycles. The number of nitrogens with zero attached hydrogens (tertiary/aromatic N) is 11. The summed E-state index contributed by atoms with van der Waals surface area (Å²) in [5.74, 6) is -0.235. The zero-order valence-electron chi connectivity index (χ0n) is 50.9. The van der Waals surface area contributed by atoms with E-state index >= 15 is 0 Å². The van der Waals surface area contributed by atoms with Gasteiger partial charge in [-0.1, -0.05) is 102 Å². The second-order valence-corrected chi connectivity index (χ2v) is 24.2. The molecule has 2 aromatic heterocycles. The van der Waals surface area contributed by atoms with E-state index in [-0.39, 0.29) is 64.5 Å². The maximum Gasteiger partial charge on any atom is 0.269 e. The molecular weight excluding hydrogens is 1300 g/mol. The van der Waals surface area contributed by atoms with Crippen LogP contribution in [0.2, 0.25) is 20.1 Å². The molecule has 2 amide bonds. The number of carbonyl (C=O) groups excluding carboxylic acids is 2. The summed E-state index contributed by atoms with van der Waals surface area (Å²) in [5.41, 5.74) is 12.3. The van der Waals surface area contributed by atoms with Crippen LogP contribution in [0.3, 0.4) is 0 Å². The second kappa shape index (κ2) is 33.7. The highest BCUT2D eigenvalue weighted by atomic mass is 35.5. The Morgan fingerprint density at radius 1 is 0.516 bits per heavy atom. The molecule has 0 atom stereocenters. The molecule has 3 N–H and O–H groups in total. The molecule has 4 fully saturated rings. The topological polar surface area (TPSA) is 245 Å². The Labute approximate surface area is 562 Å². The van der Waals surface area contributed by atoms with Crippen molar-refractivity contribution in [3.05, 3.63) is 203 Å². The number of hydrogen-bond donors (Lipinski definition) is 2. The molecule has 5 aliphatic heterocycles. The first-order valence-corrected chi connectivity index (χ1v) is 33.0. The Morgan fingerprint density at radius 2 is 0.882 bits per heavy atom. The van der Waals surface area contributed by atoms with Crippen molar-refractivity contribution in [1.82, 2.24) is 19.9 Å². The van der Waals surface area contributed by atoms with Crippen molar-refractivity contribution in [2.45, 2.75) is 75.8 Å². The third kappa shape index (κ3) is 18.7. The van der Waals surface area contributed by atoms with E-state index in [1.165, 1.54) is 129 Å². The maximum atomic E-state index is 13.0. The SMILES string of the molecule is C1CCCC1.CSc1ncc2c(n1)OCN(c1c(Cl)cccc1Cl)C2=O.Nc1ccc(N2CCCC2)cc1.O=C1c2cnc(Nc3ccc(N4CCCC4)cc3)nc2OCN1c1c(Cl)cccc1Cl.O=[N+]([O-])c1ccc(F)cc1.O=[N+]([O-])c1ccc(N2CCCC2)cc1. The summed E-state index contributed by atoms with van der Waals surface area (Å²) >= 11 is 26.1. The number of carbonyl (C=O) groups is 2. The molecule has 0 radical (unpaired) electrons. The summed E-state index contributed by atoms with van der Waals surface area (Å²) in [6, 6.07) is 37.5. The van der Waals surface area contributed by atoms with Gasteiger partial charge < -0.3 is 35.2 Å². The normalized spacial score (nSPS) is 15.2. The lowest BCUT2D eigenvalue weighted by Gasteiger charge is -2.29. The number of non-ortho nitro benzene ring substituents is 2. The van der Waals surface area contributed by atoms with Crippen LogP contribution in [0.4, 0.5) is 61.5 Å². The molecule has 3 saturated heterocycles. The first-order valence-electron chi connectivity index (χ1n) is 30.2. The maximum absolute atomic E-state index is 13.0. The lowest BCUT2D eigenvalue weighted by Crippen LogP contribution is -2.39. The van der Waals surface area contributed by atoms with Crippen molar-refractivity contribution in [2.75, 3.05) is 94.5 Å². The van der Waals surface area contributed by atoms with Gasteiger partial charge in [-0.05, 0) is 142 Å². The fourth-order valence-corrected chi connectivity index (χ4v) is 12.1. The average molecular weight is 1360 g/mol. The number of nitrogens with one attached hydrogen (secondary N) is 1. The average Bonchev–Trinajstić information content (AvgIpc) is 1.43. The van der Waals surface area contributed by atoms with Gasteiger partial charge in [0.2, 0.25) is 17.7 Å². The van der Waals surface area contributed by atoms with E-state index in [9.17, 15) is 34.2 Å². The number of halogens is 5. The number of benzene rings is 6. The molecule has 0 unspecified atom stereocenters. The number of anilines is 8. The second-order valence-electron chi connectivity index (χ2n) is 21.8. The molecular formula is C66H68Cl4FN13O8S. The first-order chi connectivity index (χ1) is 45.0. The Hall–Kier alpha value is -8.74. The fraction of sp³-hybridized carbons (Fsp3) is 0.303. The summed E-state index contributed by atoms with van der Waals surface area (Å²) in [7, 11) is 0. The van der Waals surface area contributed by atoms with Gasteiger partial charge >= 0.3 is 0 Å². The number of ether oxygens (including phenoxy) is 2. The number of rotatable bonds is 10. The monoisotopic (exact) mass is 1360 g/mol. The fourth-order valence-electron chi connectivity index (χ4n) is 10.6. The Kier molecular flexibility index (Phi) is 24.9. The number of aromatic nitrogens is 4. The first kappa shape index (κ1) is 68.6. The largest absolute Gasteiger partial charge is 0.455 e. The van der Waals surface area contributed by atoms with E-state index in [0.29, 0.717) is 42.6 Å². The smallest absolute Gasteiger partial charge is 0.269 e. The van der Waals surface area contributed by atoms with E-state index in [4.69, 9.17) is 61.6 Å². The molecule has 0 bridgehead atoms. The zero-order chi connectivity index (χ0) is 65.8. The molecule has 8 aromatic rings. The summed E-state index contributed by atoms with van der Waals surface area (Å²) in [4.78, 5) is 71.7. The van der Waals surface area contributed by atoms with Gasteiger partial charge in [-0.3, -0.25) is 39.6 Å². The van der Waals surface area contributed by atoms with Gasteiger partial charge in [-0.15, -0.1) is 0 Å². The van der Waals surface area contributed by atoms with E-state index in [1.54, 1.807) is 48.5 Å². The molecule has 21 nitrogen and oxygen atoms in total. The van der Waals surface area contributed by atoms with Crippen LogP contribution in [0.15, 0.2) is 151 Å². The number of fused-ring (bicyclic) bond motifs is 2. The van der Waals surface area contributed by atoms with E-state index in [1.807, 2.05) is 42.7 Å². The molecule has 14 rings (SSSR count). The van der Waals surface area contributed by atoms with Crippen LogP contribution >= 0.6 is 58.2 Å². The number of hydrogen-bond acceptors (Lipinski definition) is 18. The van der Waals surface area contributed by atoms with Gasteiger partial charge in [0.1, 0.15) is 16.9 Å². The van der Waals surface area contributed by atoms with Crippen LogP contribution in [-0.2, 0) is 0 Å². The van der Waals surface area contributed by atoms with Gasteiger partial charge in [0.05, 0.1) is 41.3 Å². The van der Waals surface area contributed by atoms with Gasteiger partial charge in [-0.2, -0.15) is 9.97 Å². The molecule has 6 aliphatic rings. The van der Waals surface area contributed by atoms with Crippen molar-refractivity contribution in [1.29, 1.82) is 0 Å². The predicted octanol–water partition coefficient (Wildman–Crippen LogP) is 16.4. The van der Waals surface area contributed by atoms with Crippen LogP contribution < -0.4 is 45.0 Å². The number of thioether (sulfide) groups is 1. The van der Waals surface area contributed by atoms with Gasteiger partial charge in [-0.25, -0.2) is 14.4 Å². The number of nitro benzene ring substituents is 2. The highest BCUT2D eigenvalue weighted by molar-refractivity contribution is 7.98. The summed E-state index contributed by atoms with van der Waals surface area (Å²) < 4.78 is 23.4. The highest BCUT2D eigenvalue weighted by Crippen LogP contribution is 2.39. The summed E-state index contributed by atoms with van der Waals surface area (Å²) in [6.07, 6.45) is 19.8. The Bertz CT molecular complexity index is 3780. The van der Waals surface area contributed by atoms with Crippen molar-refractivity contribution in [3.8, 4) is 11.8 Å². The van der Waals surface area contributed by atoms with Crippen molar-refractivity contribution < 1.29 is 33.3 Å².